The van der Waals surface area contributed by atoms with Crippen LogP contribution in [0.15, 0.2) is 18.2 Å². The van der Waals surface area contributed by atoms with E-state index in [0.29, 0.717) is 18.7 Å². The van der Waals surface area contributed by atoms with E-state index in [4.69, 9.17) is 15.1 Å². The number of rotatable bonds is 6. The third-order valence-corrected chi connectivity index (χ3v) is 2.31. The second-order valence-corrected chi connectivity index (χ2v) is 3.61. The van der Waals surface area contributed by atoms with Crippen molar-refractivity contribution in [2.75, 3.05) is 25.6 Å². The van der Waals surface area contributed by atoms with Crippen LogP contribution >= 0.6 is 0 Å². The van der Waals surface area contributed by atoms with Crippen LogP contribution in [0.1, 0.15) is 12.0 Å². The average Bonchev–Trinajstić information content (AvgIpc) is 2.32. The highest BCUT2D eigenvalue weighted by Gasteiger charge is 2.10. The number of hydrogen-bond acceptors (Lipinski definition) is 4. The fourth-order valence-corrected chi connectivity index (χ4v) is 1.51. The summed E-state index contributed by atoms with van der Waals surface area (Å²) in [5, 5.41) is 20.8. The van der Waals surface area contributed by atoms with Gasteiger partial charge in [0.25, 0.3) is 0 Å². The molecular formula is C12H15FN2O2. The number of benzene rings is 1. The lowest BCUT2D eigenvalue weighted by Crippen LogP contribution is -2.26. The van der Waals surface area contributed by atoms with Crippen molar-refractivity contribution in [2.45, 2.75) is 12.5 Å². The summed E-state index contributed by atoms with van der Waals surface area (Å²) >= 11 is 0. The lowest BCUT2D eigenvalue weighted by molar-refractivity contribution is 0.170. The van der Waals surface area contributed by atoms with E-state index in [-0.39, 0.29) is 18.2 Å². The highest BCUT2D eigenvalue weighted by Crippen LogP contribution is 2.17. The largest absolute Gasteiger partial charge is 0.396 e. The van der Waals surface area contributed by atoms with Crippen molar-refractivity contribution in [1.82, 2.24) is 0 Å². The zero-order valence-corrected chi connectivity index (χ0v) is 9.61. The molecule has 1 atom stereocenters. The van der Waals surface area contributed by atoms with Crippen LogP contribution in [0.2, 0.25) is 0 Å². The first-order valence-electron chi connectivity index (χ1n) is 5.27. The SMILES string of the molecule is COCC(CCO)Nc1ccc(F)cc1C#N. The van der Waals surface area contributed by atoms with Crippen molar-refractivity contribution in [1.29, 1.82) is 5.26 Å². The standard InChI is InChI=1S/C12H15FN2O2/c1-17-8-11(4-5-16)15-12-3-2-10(13)6-9(12)7-14/h2-3,6,11,15-16H,4-5,8H2,1H3. The Morgan fingerprint density at radius 3 is 2.94 bits per heavy atom. The third kappa shape index (κ3) is 4.02. The van der Waals surface area contributed by atoms with Crippen molar-refractivity contribution in [3.8, 4) is 6.07 Å². The molecule has 4 nitrogen and oxygen atoms in total. The van der Waals surface area contributed by atoms with Gasteiger partial charge in [0.05, 0.1) is 23.9 Å². The fraction of sp³-hybridized carbons (Fsp3) is 0.417. The van der Waals surface area contributed by atoms with Crippen LogP contribution in [0.5, 0.6) is 0 Å². The molecule has 0 aromatic heterocycles. The van der Waals surface area contributed by atoms with E-state index in [0.717, 1.165) is 0 Å². The molecule has 0 bridgehead atoms. The lowest BCUT2D eigenvalue weighted by atomic mass is 10.1. The van der Waals surface area contributed by atoms with Crippen LogP contribution < -0.4 is 5.32 Å². The summed E-state index contributed by atoms with van der Waals surface area (Å²) in [6, 6.07) is 5.77. The number of nitrogens with zero attached hydrogens (tertiary/aromatic N) is 1. The Labute approximate surface area is 99.6 Å². The van der Waals surface area contributed by atoms with Gasteiger partial charge in [-0.2, -0.15) is 5.26 Å². The number of aliphatic hydroxyl groups is 1. The Kier molecular flexibility index (Phi) is 5.40. The van der Waals surface area contributed by atoms with E-state index >= 15 is 0 Å². The van der Waals surface area contributed by atoms with Crippen molar-refractivity contribution in [3.05, 3.63) is 29.6 Å². The number of nitriles is 1. The van der Waals surface area contributed by atoms with Crippen molar-refractivity contribution in [2.24, 2.45) is 0 Å². The number of aliphatic hydroxyl groups excluding tert-OH is 1. The van der Waals surface area contributed by atoms with E-state index in [1.165, 1.54) is 18.2 Å². The zero-order valence-electron chi connectivity index (χ0n) is 9.61. The molecule has 0 fully saturated rings. The van der Waals surface area contributed by atoms with Gasteiger partial charge in [-0.05, 0) is 24.6 Å². The maximum absolute atomic E-state index is 12.9. The van der Waals surface area contributed by atoms with Crippen LogP contribution in [-0.2, 0) is 4.74 Å². The van der Waals surface area contributed by atoms with Crippen molar-refractivity contribution < 1.29 is 14.2 Å². The zero-order chi connectivity index (χ0) is 12.7. The highest BCUT2D eigenvalue weighted by molar-refractivity contribution is 5.57. The highest BCUT2D eigenvalue weighted by atomic mass is 19.1. The van der Waals surface area contributed by atoms with Gasteiger partial charge >= 0.3 is 0 Å². The Balaban J connectivity index is 2.81. The molecule has 0 aliphatic carbocycles. The predicted octanol–water partition coefficient (Wildman–Crippen LogP) is 1.51. The molecule has 17 heavy (non-hydrogen) atoms. The maximum atomic E-state index is 12.9. The first-order valence-corrected chi connectivity index (χ1v) is 5.27. The molecule has 1 unspecified atom stereocenters. The molecule has 1 aromatic rings. The number of methoxy groups -OCH3 is 1. The Morgan fingerprint density at radius 1 is 1.59 bits per heavy atom. The van der Waals surface area contributed by atoms with E-state index in [2.05, 4.69) is 5.32 Å². The van der Waals surface area contributed by atoms with Gasteiger partial charge in [-0.15, -0.1) is 0 Å². The summed E-state index contributed by atoms with van der Waals surface area (Å²) < 4.78 is 17.9. The van der Waals surface area contributed by atoms with Crippen molar-refractivity contribution >= 4 is 5.69 Å². The molecule has 5 heteroatoms. The van der Waals surface area contributed by atoms with E-state index < -0.39 is 5.82 Å². The average molecular weight is 238 g/mol. The van der Waals surface area contributed by atoms with Crippen molar-refractivity contribution in [3.63, 3.8) is 0 Å². The quantitative estimate of drug-likeness (QED) is 0.788. The molecule has 1 rings (SSSR count). The van der Waals surface area contributed by atoms with Gasteiger partial charge in [0.1, 0.15) is 11.9 Å². The molecule has 0 amide bonds. The number of hydrogen-bond donors (Lipinski definition) is 2. The molecule has 0 aliphatic heterocycles. The van der Waals surface area contributed by atoms with Gasteiger partial charge in [-0.1, -0.05) is 0 Å². The number of anilines is 1. The van der Waals surface area contributed by atoms with Crippen LogP contribution in [-0.4, -0.2) is 31.5 Å². The van der Waals surface area contributed by atoms with E-state index in [1.54, 1.807) is 7.11 Å². The predicted molar refractivity (Wildman–Crippen MR) is 62.1 cm³/mol. The summed E-state index contributed by atoms with van der Waals surface area (Å²) in [5.74, 6) is -0.447. The molecule has 92 valence electrons. The normalized spacial score (nSPS) is 11.9. The molecule has 0 heterocycles. The van der Waals surface area contributed by atoms with Gasteiger partial charge in [-0.3, -0.25) is 0 Å². The van der Waals surface area contributed by atoms with Gasteiger partial charge in [0.15, 0.2) is 0 Å². The molecule has 0 radical (unpaired) electrons. The minimum Gasteiger partial charge on any atom is -0.396 e. The fourth-order valence-electron chi connectivity index (χ4n) is 1.51. The number of ether oxygens (including phenoxy) is 1. The van der Waals surface area contributed by atoms with Gasteiger partial charge < -0.3 is 15.2 Å². The summed E-state index contributed by atoms with van der Waals surface area (Å²) in [6.07, 6.45) is 0.496. The Hall–Kier alpha value is -1.64. The van der Waals surface area contributed by atoms with Gasteiger partial charge in [0, 0.05) is 13.7 Å². The third-order valence-electron chi connectivity index (χ3n) is 2.31. The maximum Gasteiger partial charge on any atom is 0.124 e. The second kappa shape index (κ2) is 6.84. The van der Waals surface area contributed by atoms with E-state index in [1.807, 2.05) is 6.07 Å². The minimum absolute atomic E-state index is 0.0180. The van der Waals surface area contributed by atoms with Gasteiger partial charge in [0.2, 0.25) is 0 Å². The smallest absolute Gasteiger partial charge is 0.124 e. The number of nitrogens with one attached hydrogen (secondary N) is 1. The molecule has 0 saturated heterocycles. The summed E-state index contributed by atoms with van der Waals surface area (Å²) in [4.78, 5) is 0. The van der Waals surface area contributed by atoms with Crippen LogP contribution in [0.3, 0.4) is 0 Å². The monoisotopic (exact) mass is 238 g/mol. The second-order valence-electron chi connectivity index (χ2n) is 3.61. The topological polar surface area (TPSA) is 65.3 Å². The molecule has 2 N–H and O–H groups in total. The molecule has 0 aliphatic rings. The molecular weight excluding hydrogens is 223 g/mol. The summed E-state index contributed by atoms with van der Waals surface area (Å²) in [7, 11) is 1.56. The molecule has 1 aromatic carbocycles. The first-order chi connectivity index (χ1) is 8.21. The Morgan fingerprint density at radius 2 is 2.35 bits per heavy atom. The minimum atomic E-state index is -0.447. The Bertz CT molecular complexity index is 398. The number of halogens is 1. The molecule has 0 saturated carbocycles. The van der Waals surface area contributed by atoms with E-state index in [9.17, 15) is 4.39 Å². The van der Waals surface area contributed by atoms with Crippen LogP contribution in [0.4, 0.5) is 10.1 Å². The summed E-state index contributed by atoms with van der Waals surface area (Å²) in [5.41, 5.74) is 0.786. The molecule has 0 spiro atoms. The van der Waals surface area contributed by atoms with Gasteiger partial charge in [-0.25, -0.2) is 4.39 Å². The summed E-state index contributed by atoms with van der Waals surface area (Å²) in [6.45, 7) is 0.424. The van der Waals surface area contributed by atoms with Crippen LogP contribution in [0, 0.1) is 17.1 Å². The first kappa shape index (κ1) is 13.4. The van der Waals surface area contributed by atoms with Crippen LogP contribution in [0.25, 0.3) is 0 Å². The lowest BCUT2D eigenvalue weighted by Gasteiger charge is -2.18.